The molecule has 0 saturated carbocycles. The number of fused-ring (bicyclic) bond motifs is 1. The van der Waals surface area contributed by atoms with Crippen LogP contribution < -0.4 is 5.32 Å². The van der Waals surface area contributed by atoms with Gasteiger partial charge in [0.15, 0.2) is 11.6 Å². The average molecular weight is 441 g/mol. The second kappa shape index (κ2) is 10.9. The van der Waals surface area contributed by atoms with Crippen molar-refractivity contribution in [3.63, 3.8) is 0 Å². The van der Waals surface area contributed by atoms with E-state index in [1.54, 1.807) is 12.1 Å². The van der Waals surface area contributed by atoms with Crippen molar-refractivity contribution in [1.82, 2.24) is 20.1 Å². The summed E-state index contributed by atoms with van der Waals surface area (Å²) in [5, 5.41) is 13.3. The van der Waals surface area contributed by atoms with Crippen molar-refractivity contribution < 1.29 is 14.3 Å². The fraction of sp³-hybridized carbons (Fsp3) is 0.520. The Morgan fingerprint density at radius 2 is 1.88 bits per heavy atom. The topological polar surface area (TPSA) is 68.7 Å². The molecule has 2 atom stereocenters. The largest absolute Gasteiger partial charge is 0.505 e. The van der Waals surface area contributed by atoms with Gasteiger partial charge in [0.1, 0.15) is 0 Å². The first-order chi connectivity index (χ1) is 15.6. The number of rotatable bonds is 4. The van der Waals surface area contributed by atoms with E-state index in [1.807, 2.05) is 24.5 Å². The summed E-state index contributed by atoms with van der Waals surface area (Å²) in [5.74, 6) is -0.799. The van der Waals surface area contributed by atoms with Gasteiger partial charge >= 0.3 is 0 Å². The highest BCUT2D eigenvalue weighted by Gasteiger charge is 2.37. The summed E-state index contributed by atoms with van der Waals surface area (Å²) in [5.41, 5.74) is 1.78. The molecular formula is C25H33FN4O2. The number of carbonyl (C=O) groups excluding carboxylic acids is 1. The number of aromatic nitrogens is 1. The predicted molar refractivity (Wildman–Crippen MR) is 121 cm³/mol. The molecule has 0 unspecified atom stereocenters. The normalized spacial score (nSPS) is 23.7. The van der Waals surface area contributed by atoms with Gasteiger partial charge < -0.3 is 10.4 Å². The van der Waals surface area contributed by atoms with Crippen LogP contribution in [0.25, 0.3) is 0 Å². The Bertz CT molecular complexity index is 895. The third kappa shape index (κ3) is 5.64. The SMILES string of the molecule is O=C1NCCCCCCN(Cc2ccncc2)[C@@H]2CN(Cc3cccc(F)c3O)CC[C@H]12. The molecule has 4 rings (SSSR count). The van der Waals surface area contributed by atoms with Gasteiger partial charge in [-0.15, -0.1) is 0 Å². The number of benzene rings is 1. The smallest absolute Gasteiger partial charge is 0.224 e. The number of pyridine rings is 1. The number of nitrogens with zero attached hydrogens (tertiary/aromatic N) is 3. The third-order valence-electron chi connectivity index (χ3n) is 6.74. The molecule has 0 bridgehead atoms. The number of likely N-dealkylation sites (tertiary alicyclic amines) is 1. The number of hydrogen-bond acceptors (Lipinski definition) is 5. The number of phenols is 1. The minimum atomic E-state index is -0.592. The quantitative estimate of drug-likeness (QED) is 0.764. The van der Waals surface area contributed by atoms with Crippen molar-refractivity contribution in [2.24, 2.45) is 5.92 Å². The minimum absolute atomic E-state index is 0.0608. The van der Waals surface area contributed by atoms with Crippen LogP contribution in [0.2, 0.25) is 0 Å². The summed E-state index contributed by atoms with van der Waals surface area (Å²) in [4.78, 5) is 21.9. The fourth-order valence-electron chi connectivity index (χ4n) is 4.97. The number of piperidine rings is 1. The van der Waals surface area contributed by atoms with Gasteiger partial charge in [0, 0.05) is 50.2 Å². The van der Waals surface area contributed by atoms with Crippen LogP contribution in [0.3, 0.4) is 0 Å². The second-order valence-electron chi connectivity index (χ2n) is 8.98. The first kappa shape index (κ1) is 22.7. The van der Waals surface area contributed by atoms with Crippen molar-refractivity contribution in [1.29, 1.82) is 0 Å². The lowest BCUT2D eigenvalue weighted by molar-refractivity contribution is -0.129. The Kier molecular flexibility index (Phi) is 7.71. The predicted octanol–water partition coefficient (Wildman–Crippen LogP) is 3.31. The van der Waals surface area contributed by atoms with Crippen LogP contribution in [0.5, 0.6) is 5.75 Å². The van der Waals surface area contributed by atoms with Crippen LogP contribution in [-0.4, -0.2) is 58.0 Å². The molecule has 6 nitrogen and oxygen atoms in total. The average Bonchev–Trinajstić information content (AvgIpc) is 2.83. The molecular weight excluding hydrogens is 407 g/mol. The lowest BCUT2D eigenvalue weighted by atomic mass is 9.88. The third-order valence-corrected chi connectivity index (χ3v) is 6.74. The molecule has 172 valence electrons. The van der Waals surface area contributed by atoms with Crippen LogP contribution >= 0.6 is 0 Å². The van der Waals surface area contributed by atoms with E-state index in [9.17, 15) is 14.3 Å². The highest BCUT2D eigenvalue weighted by Crippen LogP contribution is 2.29. The van der Waals surface area contributed by atoms with Crippen molar-refractivity contribution in [2.45, 2.75) is 51.2 Å². The number of halogens is 1. The second-order valence-corrected chi connectivity index (χ2v) is 8.98. The van der Waals surface area contributed by atoms with E-state index in [2.05, 4.69) is 20.1 Å². The molecule has 2 saturated heterocycles. The lowest BCUT2D eigenvalue weighted by Gasteiger charge is -2.43. The van der Waals surface area contributed by atoms with Crippen LogP contribution in [0.1, 0.15) is 43.2 Å². The van der Waals surface area contributed by atoms with E-state index in [0.717, 1.165) is 58.3 Å². The Hall–Kier alpha value is -2.51. The number of hydrogen-bond donors (Lipinski definition) is 2. The van der Waals surface area contributed by atoms with Gasteiger partial charge in [0.25, 0.3) is 0 Å². The maximum atomic E-state index is 13.8. The molecule has 1 amide bonds. The van der Waals surface area contributed by atoms with Gasteiger partial charge in [-0.25, -0.2) is 4.39 Å². The molecule has 2 fully saturated rings. The first-order valence-corrected chi connectivity index (χ1v) is 11.7. The van der Waals surface area contributed by atoms with Gasteiger partial charge in [0.2, 0.25) is 5.91 Å². The summed E-state index contributed by atoms with van der Waals surface area (Å²) in [6.45, 7) is 4.38. The molecule has 0 aliphatic carbocycles. The zero-order valence-corrected chi connectivity index (χ0v) is 18.5. The van der Waals surface area contributed by atoms with E-state index in [-0.39, 0.29) is 23.6 Å². The molecule has 3 heterocycles. The van der Waals surface area contributed by atoms with Crippen molar-refractivity contribution in [2.75, 3.05) is 26.2 Å². The molecule has 2 aliphatic rings. The molecule has 2 aromatic rings. The van der Waals surface area contributed by atoms with Crippen molar-refractivity contribution >= 4 is 5.91 Å². The van der Waals surface area contributed by atoms with Crippen molar-refractivity contribution in [3.05, 3.63) is 59.7 Å². The number of para-hydroxylation sites is 1. The van der Waals surface area contributed by atoms with Crippen LogP contribution in [0, 0.1) is 11.7 Å². The summed E-state index contributed by atoms with van der Waals surface area (Å²) in [7, 11) is 0. The maximum absolute atomic E-state index is 13.8. The molecule has 7 heteroatoms. The summed E-state index contributed by atoms with van der Waals surface area (Å²) in [6, 6.07) is 8.80. The summed E-state index contributed by atoms with van der Waals surface area (Å²) < 4.78 is 13.8. The highest BCUT2D eigenvalue weighted by molar-refractivity contribution is 5.79. The first-order valence-electron chi connectivity index (χ1n) is 11.7. The Labute approximate surface area is 189 Å². The summed E-state index contributed by atoms with van der Waals surface area (Å²) >= 11 is 0. The molecule has 0 radical (unpaired) electrons. The van der Waals surface area contributed by atoms with Gasteiger partial charge in [-0.1, -0.05) is 25.0 Å². The van der Waals surface area contributed by atoms with Crippen LogP contribution in [0.15, 0.2) is 42.7 Å². The number of carbonyl (C=O) groups is 1. The number of amides is 1. The Balaban J connectivity index is 1.56. The molecule has 0 spiro atoms. The Morgan fingerprint density at radius 3 is 2.72 bits per heavy atom. The number of aromatic hydroxyl groups is 1. The van der Waals surface area contributed by atoms with E-state index in [4.69, 9.17) is 0 Å². The monoisotopic (exact) mass is 440 g/mol. The van der Waals surface area contributed by atoms with E-state index in [1.165, 1.54) is 11.6 Å². The number of phenolic OH excluding ortho intramolecular Hbond substituents is 1. The van der Waals surface area contributed by atoms with E-state index >= 15 is 0 Å². The van der Waals surface area contributed by atoms with Crippen LogP contribution in [-0.2, 0) is 17.9 Å². The molecule has 1 aromatic heterocycles. The lowest BCUT2D eigenvalue weighted by Crippen LogP contribution is -2.56. The minimum Gasteiger partial charge on any atom is -0.505 e. The maximum Gasteiger partial charge on any atom is 0.224 e. The number of nitrogens with one attached hydrogen (secondary N) is 1. The molecule has 2 aliphatic heterocycles. The molecule has 32 heavy (non-hydrogen) atoms. The standard InChI is InChI=1S/C25H33FN4O2/c26-22-7-5-6-20(24(22)31)17-29-15-10-21-23(18-29)30(16-19-8-12-27-13-9-19)14-4-2-1-3-11-28-25(21)32/h5-9,12-13,21,23,31H,1-4,10-11,14-18H2,(H,28,32)/t21-,23+/m0/s1. The van der Waals surface area contributed by atoms with Gasteiger partial charge in [-0.3, -0.25) is 19.6 Å². The van der Waals surface area contributed by atoms with Crippen molar-refractivity contribution in [3.8, 4) is 5.75 Å². The summed E-state index contributed by atoms with van der Waals surface area (Å²) in [6.07, 6.45) is 8.78. The zero-order valence-electron chi connectivity index (χ0n) is 18.5. The van der Waals surface area contributed by atoms with Crippen LogP contribution in [0.4, 0.5) is 4.39 Å². The molecule has 1 aromatic carbocycles. The fourth-order valence-corrected chi connectivity index (χ4v) is 4.97. The van der Waals surface area contributed by atoms with Gasteiger partial charge in [-0.2, -0.15) is 0 Å². The van der Waals surface area contributed by atoms with E-state index < -0.39 is 5.82 Å². The highest BCUT2D eigenvalue weighted by atomic mass is 19.1. The Morgan fingerprint density at radius 1 is 1.06 bits per heavy atom. The van der Waals surface area contributed by atoms with Gasteiger partial charge in [0.05, 0.1) is 5.92 Å². The van der Waals surface area contributed by atoms with Gasteiger partial charge in [-0.05, 0) is 56.1 Å². The van der Waals surface area contributed by atoms with E-state index in [0.29, 0.717) is 18.7 Å². The zero-order chi connectivity index (χ0) is 22.3. The molecule has 2 N–H and O–H groups in total.